The van der Waals surface area contributed by atoms with E-state index < -0.39 is 18.1 Å². The van der Waals surface area contributed by atoms with Crippen LogP contribution in [0, 0.1) is 31.0 Å². The molecule has 2 amide bonds. The number of alkyl carbamates (subject to hydrolysis) is 1. The zero-order valence-corrected chi connectivity index (χ0v) is 37.9. The number of phenolic OH excluding ortho intramolecular Hbond substituents is 2. The zero-order valence-electron chi connectivity index (χ0n) is 37.9. The molecule has 3 N–H and O–H groups in total. The van der Waals surface area contributed by atoms with Gasteiger partial charge in [-0.1, -0.05) is 25.1 Å². The highest BCUT2D eigenvalue weighted by Gasteiger charge is 2.54. The monoisotopic (exact) mass is 908 g/mol. The Morgan fingerprint density at radius 2 is 1.75 bits per heavy atom. The average molecular weight is 909 g/mol. The summed E-state index contributed by atoms with van der Waals surface area (Å²) in [6, 6.07) is 12.1. The Morgan fingerprint density at radius 1 is 0.955 bits per heavy atom. The Kier molecular flexibility index (Phi) is 9.64. The van der Waals surface area contributed by atoms with Crippen LogP contribution in [-0.4, -0.2) is 91.3 Å². The van der Waals surface area contributed by atoms with Crippen LogP contribution < -0.4 is 10.9 Å². The van der Waals surface area contributed by atoms with E-state index in [2.05, 4.69) is 33.3 Å². The Hall–Kier alpha value is -6.32. The number of aryl methyl sites for hydroxylation is 2. The highest BCUT2D eigenvalue weighted by molar-refractivity contribution is 5.98. The third-order valence-electron chi connectivity index (χ3n) is 16.0. The summed E-state index contributed by atoms with van der Waals surface area (Å²) in [6.45, 7) is 12.5. The van der Waals surface area contributed by atoms with E-state index in [1.54, 1.807) is 23.3 Å². The number of nitrogens with one attached hydrogen (secondary N) is 1. The largest absolute Gasteiger partial charge is 0.508 e. The minimum atomic E-state index is -0.546. The number of aromatic nitrogens is 2. The Balaban J connectivity index is 0.644. The van der Waals surface area contributed by atoms with E-state index >= 15 is 4.39 Å². The Morgan fingerprint density at radius 3 is 2.54 bits per heavy atom. The first kappa shape index (κ1) is 42.1. The summed E-state index contributed by atoms with van der Waals surface area (Å²) in [5.41, 5.74) is 10.1. The topological polar surface area (TPSA) is 167 Å². The third-order valence-corrected chi connectivity index (χ3v) is 16.0. The smallest absolute Gasteiger partial charge is 0.407 e. The van der Waals surface area contributed by atoms with Crippen molar-refractivity contribution < 1.29 is 38.5 Å². The highest BCUT2D eigenvalue weighted by Crippen LogP contribution is 2.51. The predicted molar refractivity (Wildman–Crippen MR) is 244 cm³/mol. The van der Waals surface area contributed by atoms with Gasteiger partial charge in [0.15, 0.2) is 0 Å². The number of ether oxygens (including phenoxy) is 2. The van der Waals surface area contributed by atoms with Crippen molar-refractivity contribution in [1.82, 2.24) is 29.6 Å². The molecule has 346 valence electrons. The second-order valence-corrected chi connectivity index (χ2v) is 20.5. The standard InChI is InChI=1S/C52H53FN6O8/c1-4-33-35-11-42-47-37(22-59(42)49(63)38(35)23-66-50(33)64)46-40(8-7-34-27(3)39(53)12-41(54-47)45(34)46)55-51(65)67-32-14-52(15-32)24-57(25-52)19-29-17-56(18-29)16-28-5-6-30-20-58(21-31(30)10-28)48(62)36-9-26(2)43(60)13-44(36)61/h5-6,9-13,29,32-33,40,60-61H,4,7-8,14-25H2,1-3H3,(H,55,65). The normalized spacial score (nSPS) is 21.5. The van der Waals surface area contributed by atoms with E-state index in [4.69, 9.17) is 14.5 Å². The molecule has 5 aromatic rings. The lowest BCUT2D eigenvalue weighted by Gasteiger charge is -2.59. The first-order valence-corrected chi connectivity index (χ1v) is 23.7. The molecule has 0 radical (unpaired) electrons. The number of carbonyl (C=O) groups excluding carboxylic acids is 3. The van der Waals surface area contributed by atoms with Crippen LogP contribution in [0.5, 0.6) is 11.5 Å². The number of carbonyl (C=O) groups is 3. The van der Waals surface area contributed by atoms with Gasteiger partial charge in [0.05, 0.1) is 46.5 Å². The van der Waals surface area contributed by atoms with E-state index in [-0.39, 0.29) is 65.0 Å². The second kappa shape index (κ2) is 15.4. The quantitative estimate of drug-likeness (QED) is 0.141. The van der Waals surface area contributed by atoms with E-state index in [1.807, 2.05) is 13.0 Å². The van der Waals surface area contributed by atoms with Crippen LogP contribution in [0.2, 0.25) is 0 Å². The van der Waals surface area contributed by atoms with Gasteiger partial charge in [-0.3, -0.25) is 19.3 Å². The van der Waals surface area contributed by atoms with Gasteiger partial charge in [-0.05, 0) is 109 Å². The number of hydrogen-bond donors (Lipinski definition) is 3. The Labute approximate surface area is 386 Å². The van der Waals surface area contributed by atoms with E-state index in [9.17, 15) is 29.4 Å². The fourth-order valence-electron chi connectivity index (χ4n) is 12.6. The van der Waals surface area contributed by atoms with Gasteiger partial charge in [0.25, 0.3) is 11.5 Å². The predicted octanol–water partition coefficient (Wildman–Crippen LogP) is 6.61. The first-order chi connectivity index (χ1) is 32.2. The number of rotatable bonds is 8. The maximum atomic E-state index is 15.4. The molecule has 14 nitrogen and oxygen atoms in total. The number of halogens is 1. The van der Waals surface area contributed by atoms with Crippen molar-refractivity contribution in [1.29, 1.82) is 0 Å². The van der Waals surface area contributed by atoms with Crippen molar-refractivity contribution in [3.63, 3.8) is 0 Å². The lowest BCUT2D eigenvalue weighted by Crippen LogP contribution is -2.66. The molecule has 1 spiro atoms. The third kappa shape index (κ3) is 6.82. The number of benzene rings is 3. The second-order valence-electron chi connectivity index (χ2n) is 20.5. The number of fused-ring (bicyclic) bond motifs is 6. The van der Waals surface area contributed by atoms with Crippen LogP contribution in [0.25, 0.3) is 22.3 Å². The molecule has 2 unspecified atom stereocenters. The molecule has 2 aliphatic carbocycles. The molecule has 5 aliphatic heterocycles. The molecule has 2 atom stereocenters. The zero-order chi connectivity index (χ0) is 46.2. The molecule has 12 rings (SSSR count). The summed E-state index contributed by atoms with van der Waals surface area (Å²) in [7, 11) is 0. The average Bonchev–Trinajstić information content (AvgIpc) is 3.86. The van der Waals surface area contributed by atoms with Crippen LogP contribution in [0.3, 0.4) is 0 Å². The molecule has 7 aliphatic rings. The maximum Gasteiger partial charge on any atom is 0.407 e. The molecular weight excluding hydrogens is 856 g/mol. The Bertz CT molecular complexity index is 3060. The van der Waals surface area contributed by atoms with Crippen molar-refractivity contribution in [3.8, 4) is 22.9 Å². The molecule has 67 heavy (non-hydrogen) atoms. The maximum absolute atomic E-state index is 15.4. The number of cyclic esters (lactones) is 1. The number of amides is 2. The molecule has 3 fully saturated rings. The number of phenols is 2. The minimum absolute atomic E-state index is 0.0378. The van der Waals surface area contributed by atoms with Crippen LogP contribution >= 0.6 is 0 Å². The summed E-state index contributed by atoms with van der Waals surface area (Å²) in [4.78, 5) is 65.3. The van der Waals surface area contributed by atoms with Crippen LogP contribution in [0.1, 0.15) is 111 Å². The number of esters is 1. The van der Waals surface area contributed by atoms with Crippen molar-refractivity contribution in [2.75, 3.05) is 32.7 Å². The highest BCUT2D eigenvalue weighted by atomic mass is 19.1. The van der Waals surface area contributed by atoms with Gasteiger partial charge in [-0.15, -0.1) is 0 Å². The van der Waals surface area contributed by atoms with Gasteiger partial charge in [-0.2, -0.15) is 0 Å². The lowest BCUT2D eigenvalue weighted by molar-refractivity contribution is -0.148. The summed E-state index contributed by atoms with van der Waals surface area (Å²) < 4.78 is 28.5. The SMILES string of the molecule is CCC1C(=O)OCc2c1cc1n(c2=O)Cc2c-1nc1cc(F)c(C)c3c1c2C(NC(=O)OC1CC2(C1)CN(CC1CN(Cc4ccc5c(c4)CN(C(=O)c4cc(C)c(O)cc4O)C5)C1)C2)CC3. The fraction of sp³-hybridized carbons (Fsp3) is 0.442. The van der Waals surface area contributed by atoms with Crippen LogP contribution in [0.4, 0.5) is 9.18 Å². The summed E-state index contributed by atoms with van der Waals surface area (Å²) >= 11 is 0. The molecule has 3 aromatic carbocycles. The minimum Gasteiger partial charge on any atom is -0.508 e. The van der Waals surface area contributed by atoms with Gasteiger partial charge in [-0.25, -0.2) is 14.2 Å². The number of nitrogens with zero attached hydrogens (tertiary/aromatic N) is 5. The van der Waals surface area contributed by atoms with Crippen molar-refractivity contribution in [2.24, 2.45) is 11.3 Å². The lowest BCUT2D eigenvalue weighted by atomic mass is 9.61. The van der Waals surface area contributed by atoms with Crippen molar-refractivity contribution >= 4 is 28.9 Å². The van der Waals surface area contributed by atoms with E-state index in [0.717, 1.165) is 85.3 Å². The summed E-state index contributed by atoms with van der Waals surface area (Å²) in [6.07, 6.45) is 2.63. The summed E-state index contributed by atoms with van der Waals surface area (Å²) in [5.74, 6) is -1.14. The molecule has 1 saturated carbocycles. The van der Waals surface area contributed by atoms with E-state index in [1.165, 1.54) is 23.8 Å². The number of aromatic hydroxyl groups is 2. The molecule has 15 heteroatoms. The summed E-state index contributed by atoms with van der Waals surface area (Å²) in [5, 5.41) is 24.3. The molecule has 2 aromatic heterocycles. The molecule has 2 saturated heterocycles. The van der Waals surface area contributed by atoms with Crippen LogP contribution in [0.15, 0.2) is 47.3 Å². The fourth-order valence-corrected chi connectivity index (χ4v) is 12.6. The van der Waals surface area contributed by atoms with Crippen LogP contribution in [-0.2, 0) is 53.5 Å². The van der Waals surface area contributed by atoms with Gasteiger partial charge in [0.1, 0.15) is 30.0 Å². The van der Waals surface area contributed by atoms with Gasteiger partial charge in [0.2, 0.25) is 0 Å². The number of likely N-dealkylation sites (tertiary alicyclic amines) is 2. The van der Waals surface area contributed by atoms with Gasteiger partial charge < -0.3 is 39.4 Å². The van der Waals surface area contributed by atoms with E-state index in [0.29, 0.717) is 77.4 Å². The van der Waals surface area contributed by atoms with Gasteiger partial charge >= 0.3 is 12.1 Å². The first-order valence-electron chi connectivity index (χ1n) is 23.7. The molecule has 7 heterocycles. The number of hydrogen-bond acceptors (Lipinski definition) is 11. The van der Waals surface area contributed by atoms with Crippen molar-refractivity contribution in [2.45, 2.75) is 104 Å². The molecule has 0 bridgehead atoms. The van der Waals surface area contributed by atoms with Gasteiger partial charge in [0, 0.05) is 80.9 Å². The molecular formula is C52H53FN6O8. The number of pyridine rings is 2. The van der Waals surface area contributed by atoms with Crippen molar-refractivity contribution in [3.05, 3.63) is 120 Å².